The van der Waals surface area contributed by atoms with Gasteiger partial charge < -0.3 is 5.32 Å². The predicted octanol–water partition coefficient (Wildman–Crippen LogP) is 2.45. The van der Waals surface area contributed by atoms with Crippen LogP contribution in [0.5, 0.6) is 0 Å². The van der Waals surface area contributed by atoms with E-state index in [9.17, 15) is 9.59 Å². The Kier molecular flexibility index (Phi) is 5.43. The van der Waals surface area contributed by atoms with E-state index < -0.39 is 0 Å². The molecule has 1 N–H and O–H groups in total. The van der Waals surface area contributed by atoms with Gasteiger partial charge in [0.1, 0.15) is 5.78 Å². The van der Waals surface area contributed by atoms with Crippen molar-refractivity contribution in [1.29, 1.82) is 0 Å². The van der Waals surface area contributed by atoms with Crippen molar-refractivity contribution in [3.63, 3.8) is 0 Å². The molecule has 0 aliphatic heterocycles. The summed E-state index contributed by atoms with van der Waals surface area (Å²) in [4.78, 5) is 22.0. The monoisotopic (exact) mass is 251 g/mol. The SMILES string of the molecule is CC(=O)CCNC(=O)/C=C/c1ccc(Cl)cc1. The first kappa shape index (κ1) is 13.5. The van der Waals surface area contributed by atoms with Gasteiger partial charge >= 0.3 is 0 Å². The molecular formula is C13H14ClNO2. The molecule has 1 aromatic carbocycles. The number of halogens is 1. The van der Waals surface area contributed by atoms with Gasteiger partial charge in [-0.15, -0.1) is 0 Å². The first-order valence-corrected chi connectivity index (χ1v) is 5.66. The van der Waals surface area contributed by atoms with Crippen molar-refractivity contribution < 1.29 is 9.59 Å². The van der Waals surface area contributed by atoms with Crippen LogP contribution in [0.3, 0.4) is 0 Å². The van der Waals surface area contributed by atoms with Crippen molar-refractivity contribution in [2.45, 2.75) is 13.3 Å². The Morgan fingerprint density at radius 2 is 1.94 bits per heavy atom. The number of benzene rings is 1. The second kappa shape index (κ2) is 6.86. The van der Waals surface area contributed by atoms with E-state index >= 15 is 0 Å². The largest absolute Gasteiger partial charge is 0.352 e. The Labute approximate surface area is 105 Å². The molecule has 0 aromatic heterocycles. The van der Waals surface area contributed by atoms with Gasteiger partial charge in [-0.05, 0) is 30.7 Å². The molecule has 1 aromatic rings. The molecule has 0 heterocycles. The minimum atomic E-state index is -0.207. The van der Waals surface area contributed by atoms with E-state index in [1.165, 1.54) is 13.0 Å². The summed E-state index contributed by atoms with van der Waals surface area (Å²) < 4.78 is 0. The van der Waals surface area contributed by atoms with E-state index in [4.69, 9.17) is 11.6 Å². The topological polar surface area (TPSA) is 46.2 Å². The maximum Gasteiger partial charge on any atom is 0.244 e. The van der Waals surface area contributed by atoms with Crippen LogP contribution in [0.1, 0.15) is 18.9 Å². The smallest absolute Gasteiger partial charge is 0.244 e. The third kappa shape index (κ3) is 5.88. The summed E-state index contributed by atoms with van der Waals surface area (Å²) in [6.45, 7) is 1.87. The number of ketones is 1. The molecular weight excluding hydrogens is 238 g/mol. The Morgan fingerprint density at radius 3 is 2.53 bits per heavy atom. The number of amides is 1. The van der Waals surface area contributed by atoms with Gasteiger partial charge in [0, 0.05) is 24.1 Å². The van der Waals surface area contributed by atoms with Crippen molar-refractivity contribution in [2.75, 3.05) is 6.54 Å². The fourth-order valence-electron chi connectivity index (χ4n) is 1.17. The first-order valence-electron chi connectivity index (χ1n) is 5.29. The van der Waals surface area contributed by atoms with E-state index in [-0.39, 0.29) is 11.7 Å². The van der Waals surface area contributed by atoms with Crippen LogP contribution in [-0.2, 0) is 9.59 Å². The minimum absolute atomic E-state index is 0.0620. The number of rotatable bonds is 5. The molecule has 90 valence electrons. The summed E-state index contributed by atoms with van der Waals surface area (Å²) >= 11 is 5.74. The van der Waals surface area contributed by atoms with E-state index in [0.717, 1.165) is 5.56 Å². The fraction of sp³-hybridized carbons (Fsp3) is 0.231. The molecule has 0 unspecified atom stereocenters. The molecule has 17 heavy (non-hydrogen) atoms. The Bertz CT molecular complexity index is 424. The molecule has 1 amide bonds. The van der Waals surface area contributed by atoms with Gasteiger partial charge in [0.2, 0.25) is 5.91 Å². The standard InChI is InChI=1S/C13H14ClNO2/c1-10(16)8-9-15-13(17)7-4-11-2-5-12(14)6-3-11/h2-7H,8-9H2,1H3,(H,15,17)/b7-4+. The van der Waals surface area contributed by atoms with Crippen LogP contribution < -0.4 is 5.32 Å². The van der Waals surface area contributed by atoms with Crippen molar-refractivity contribution >= 4 is 29.4 Å². The maximum atomic E-state index is 11.3. The molecule has 1 rings (SSSR count). The molecule has 0 aliphatic rings. The average Bonchev–Trinajstić information content (AvgIpc) is 2.28. The van der Waals surface area contributed by atoms with Crippen LogP contribution in [0.15, 0.2) is 30.3 Å². The molecule has 0 spiro atoms. The summed E-state index contributed by atoms with van der Waals surface area (Å²) in [6.07, 6.45) is 3.49. The molecule has 0 aliphatic carbocycles. The van der Waals surface area contributed by atoms with Crippen LogP contribution >= 0.6 is 11.6 Å². The van der Waals surface area contributed by atoms with Gasteiger partial charge in [0.05, 0.1) is 0 Å². The second-order valence-electron chi connectivity index (χ2n) is 3.63. The van der Waals surface area contributed by atoms with Crippen molar-refractivity contribution in [1.82, 2.24) is 5.32 Å². The van der Waals surface area contributed by atoms with E-state index in [1.807, 2.05) is 12.1 Å². The van der Waals surface area contributed by atoms with E-state index in [1.54, 1.807) is 18.2 Å². The lowest BCUT2D eigenvalue weighted by Gasteiger charge is -1.99. The molecule has 0 saturated carbocycles. The summed E-state index contributed by atoms with van der Waals surface area (Å²) in [6, 6.07) is 7.16. The number of nitrogens with one attached hydrogen (secondary N) is 1. The highest BCUT2D eigenvalue weighted by Crippen LogP contribution is 2.10. The Morgan fingerprint density at radius 1 is 1.29 bits per heavy atom. The van der Waals surface area contributed by atoms with Gasteiger partial charge in [-0.1, -0.05) is 23.7 Å². The molecule has 4 heteroatoms. The van der Waals surface area contributed by atoms with Gasteiger partial charge in [-0.2, -0.15) is 0 Å². The lowest BCUT2D eigenvalue weighted by Crippen LogP contribution is -2.23. The van der Waals surface area contributed by atoms with Crippen LogP contribution in [0.4, 0.5) is 0 Å². The quantitative estimate of drug-likeness (QED) is 0.817. The predicted molar refractivity (Wildman–Crippen MR) is 68.8 cm³/mol. The Balaban J connectivity index is 2.40. The van der Waals surface area contributed by atoms with Gasteiger partial charge in [0.15, 0.2) is 0 Å². The number of carbonyl (C=O) groups is 2. The van der Waals surface area contributed by atoms with Crippen LogP contribution in [0.2, 0.25) is 5.02 Å². The van der Waals surface area contributed by atoms with Crippen LogP contribution in [0, 0.1) is 0 Å². The first-order chi connectivity index (χ1) is 8.08. The lowest BCUT2D eigenvalue weighted by atomic mass is 10.2. The van der Waals surface area contributed by atoms with Crippen LogP contribution in [0.25, 0.3) is 6.08 Å². The average molecular weight is 252 g/mol. The highest BCUT2D eigenvalue weighted by molar-refractivity contribution is 6.30. The zero-order valence-electron chi connectivity index (χ0n) is 9.57. The molecule has 0 fully saturated rings. The second-order valence-corrected chi connectivity index (χ2v) is 4.06. The zero-order valence-corrected chi connectivity index (χ0v) is 10.3. The Hall–Kier alpha value is -1.61. The number of carbonyl (C=O) groups excluding carboxylic acids is 2. The maximum absolute atomic E-state index is 11.3. The number of Topliss-reactive ketones (excluding diaryl/α,β-unsaturated/α-hetero) is 1. The summed E-state index contributed by atoms with van der Waals surface area (Å²) in [5, 5.41) is 3.28. The van der Waals surface area contributed by atoms with Crippen molar-refractivity contribution in [3.05, 3.63) is 40.9 Å². The van der Waals surface area contributed by atoms with E-state index in [2.05, 4.69) is 5.32 Å². The highest BCUT2D eigenvalue weighted by Gasteiger charge is 1.96. The molecule has 0 bridgehead atoms. The van der Waals surface area contributed by atoms with Gasteiger partial charge in [-0.3, -0.25) is 9.59 Å². The normalized spacial score (nSPS) is 10.5. The lowest BCUT2D eigenvalue weighted by molar-refractivity contribution is -0.117. The minimum Gasteiger partial charge on any atom is -0.352 e. The molecule has 3 nitrogen and oxygen atoms in total. The van der Waals surface area contributed by atoms with Crippen LogP contribution in [-0.4, -0.2) is 18.2 Å². The van der Waals surface area contributed by atoms with Gasteiger partial charge in [-0.25, -0.2) is 0 Å². The molecule has 0 atom stereocenters. The summed E-state index contributed by atoms with van der Waals surface area (Å²) in [5.41, 5.74) is 0.899. The summed E-state index contributed by atoms with van der Waals surface area (Å²) in [5.74, 6) is -0.145. The highest BCUT2D eigenvalue weighted by atomic mass is 35.5. The third-order valence-electron chi connectivity index (χ3n) is 2.07. The zero-order chi connectivity index (χ0) is 12.7. The molecule has 0 saturated heterocycles. The van der Waals surface area contributed by atoms with E-state index in [0.29, 0.717) is 18.0 Å². The van der Waals surface area contributed by atoms with Crippen molar-refractivity contribution in [2.24, 2.45) is 0 Å². The summed E-state index contributed by atoms with van der Waals surface area (Å²) in [7, 11) is 0. The number of hydrogen-bond donors (Lipinski definition) is 1. The fourth-order valence-corrected chi connectivity index (χ4v) is 1.29. The number of hydrogen-bond acceptors (Lipinski definition) is 2. The van der Waals surface area contributed by atoms with Gasteiger partial charge in [0.25, 0.3) is 0 Å². The van der Waals surface area contributed by atoms with Crippen molar-refractivity contribution in [3.8, 4) is 0 Å². The molecule has 0 radical (unpaired) electrons. The third-order valence-corrected chi connectivity index (χ3v) is 2.33.